The van der Waals surface area contributed by atoms with Crippen molar-refractivity contribution in [3.63, 3.8) is 0 Å². The van der Waals surface area contributed by atoms with Gasteiger partial charge in [-0.25, -0.2) is 4.98 Å². The van der Waals surface area contributed by atoms with Gasteiger partial charge >= 0.3 is 0 Å². The number of imidazole rings is 1. The Morgan fingerprint density at radius 2 is 2.03 bits per heavy atom. The number of unbranched alkanes of at least 4 members (excludes halogenated alkanes) is 1. The molecule has 1 aromatic heterocycles. The number of carbonyl (C=O) groups excluding carboxylic acids is 2. The number of hydrogen-bond donors (Lipinski definition) is 1. The van der Waals surface area contributed by atoms with Crippen LogP contribution in [-0.2, 0) is 20.8 Å². The van der Waals surface area contributed by atoms with Gasteiger partial charge in [-0.05, 0) is 37.3 Å². The van der Waals surface area contributed by atoms with Gasteiger partial charge < -0.3 is 29.2 Å². The summed E-state index contributed by atoms with van der Waals surface area (Å²) in [5.74, 6) is 0.542. The molecular weight excluding hydrogens is 494 g/mol. The van der Waals surface area contributed by atoms with Gasteiger partial charge in [-0.2, -0.15) is 0 Å². The zero-order chi connectivity index (χ0) is 26.4. The number of nitrogens with zero attached hydrogens (tertiary/aromatic N) is 4. The monoisotopic (exact) mass is 533 g/mol. The van der Waals surface area contributed by atoms with Gasteiger partial charge in [0.25, 0.3) is 5.91 Å². The van der Waals surface area contributed by atoms with Crippen molar-refractivity contribution in [2.75, 3.05) is 59.7 Å². The van der Waals surface area contributed by atoms with Gasteiger partial charge in [0.1, 0.15) is 5.52 Å². The first-order valence-corrected chi connectivity index (χ1v) is 13.8. The molecule has 0 radical (unpaired) electrons. The van der Waals surface area contributed by atoms with Crippen LogP contribution >= 0.6 is 11.6 Å². The maximum atomic E-state index is 14.2. The average molecular weight is 534 g/mol. The molecule has 2 unspecified atom stereocenters. The van der Waals surface area contributed by atoms with Crippen LogP contribution in [-0.4, -0.2) is 96.9 Å². The van der Waals surface area contributed by atoms with Crippen LogP contribution in [0.5, 0.6) is 0 Å². The van der Waals surface area contributed by atoms with E-state index in [9.17, 15) is 9.59 Å². The van der Waals surface area contributed by atoms with Gasteiger partial charge in [-0.3, -0.25) is 9.59 Å². The predicted octanol–water partition coefficient (Wildman–Crippen LogP) is 3.05. The SMILES string of the molecule is COCCCCn1c(C(=O)N(CC(C)C)C2CNCC(C(=O)N3CCOCC3)C2)nc2c(Cl)cccc21. The van der Waals surface area contributed by atoms with Gasteiger partial charge in [0, 0.05) is 59.0 Å². The molecule has 9 nitrogen and oxygen atoms in total. The van der Waals surface area contributed by atoms with Gasteiger partial charge in [-0.1, -0.05) is 31.5 Å². The van der Waals surface area contributed by atoms with Crippen LogP contribution in [0.3, 0.4) is 0 Å². The van der Waals surface area contributed by atoms with E-state index < -0.39 is 0 Å². The zero-order valence-electron chi connectivity index (χ0n) is 22.2. The first-order chi connectivity index (χ1) is 17.9. The topological polar surface area (TPSA) is 88.9 Å². The lowest BCUT2D eigenvalue weighted by Gasteiger charge is -2.40. The number of fused-ring (bicyclic) bond motifs is 1. The van der Waals surface area contributed by atoms with Crippen molar-refractivity contribution >= 4 is 34.4 Å². The number of hydrogen-bond acceptors (Lipinski definition) is 6. The number of halogens is 1. The van der Waals surface area contributed by atoms with E-state index in [1.807, 2.05) is 26.5 Å². The van der Waals surface area contributed by atoms with E-state index in [-0.39, 0.29) is 29.7 Å². The number of methoxy groups -OCH3 is 1. The van der Waals surface area contributed by atoms with Crippen LogP contribution in [0.15, 0.2) is 18.2 Å². The molecule has 204 valence electrons. The fourth-order valence-corrected chi connectivity index (χ4v) is 5.54. The molecule has 10 heteroatoms. The number of benzene rings is 1. The first-order valence-electron chi connectivity index (χ1n) is 13.4. The summed E-state index contributed by atoms with van der Waals surface area (Å²) in [6.07, 6.45) is 2.38. The minimum absolute atomic E-state index is 0.101. The lowest BCUT2D eigenvalue weighted by Crippen LogP contribution is -2.56. The molecule has 0 saturated carbocycles. The second-order valence-electron chi connectivity index (χ2n) is 10.4. The van der Waals surface area contributed by atoms with Crippen LogP contribution in [0.25, 0.3) is 11.0 Å². The lowest BCUT2D eigenvalue weighted by molar-refractivity contribution is -0.140. The van der Waals surface area contributed by atoms with Crippen molar-refractivity contribution in [3.05, 3.63) is 29.0 Å². The third-order valence-corrected chi connectivity index (χ3v) is 7.47. The van der Waals surface area contributed by atoms with Crippen molar-refractivity contribution in [2.24, 2.45) is 11.8 Å². The number of ether oxygens (including phenoxy) is 2. The molecule has 1 N–H and O–H groups in total. The summed E-state index contributed by atoms with van der Waals surface area (Å²) in [5.41, 5.74) is 1.51. The number of morpholine rings is 1. The fourth-order valence-electron chi connectivity index (χ4n) is 5.33. The molecule has 2 aliphatic rings. The molecule has 2 atom stereocenters. The number of carbonyl (C=O) groups is 2. The van der Waals surface area contributed by atoms with E-state index in [1.54, 1.807) is 13.2 Å². The second kappa shape index (κ2) is 13.0. The quantitative estimate of drug-likeness (QED) is 0.472. The van der Waals surface area contributed by atoms with Crippen LogP contribution < -0.4 is 5.32 Å². The summed E-state index contributed by atoms with van der Waals surface area (Å²) in [7, 11) is 1.69. The normalized spacial score (nSPS) is 20.5. The van der Waals surface area contributed by atoms with Crippen molar-refractivity contribution in [1.82, 2.24) is 24.7 Å². The van der Waals surface area contributed by atoms with E-state index in [2.05, 4.69) is 19.2 Å². The van der Waals surface area contributed by atoms with Crippen molar-refractivity contribution < 1.29 is 19.1 Å². The van der Waals surface area contributed by atoms with Gasteiger partial charge in [0.15, 0.2) is 5.82 Å². The molecular formula is C27H40ClN5O4. The first kappa shape index (κ1) is 27.8. The molecule has 2 fully saturated rings. The molecule has 37 heavy (non-hydrogen) atoms. The van der Waals surface area contributed by atoms with Crippen molar-refractivity contribution in [2.45, 2.75) is 45.7 Å². The molecule has 1 aromatic carbocycles. The summed E-state index contributed by atoms with van der Waals surface area (Å²) in [6, 6.07) is 5.56. The van der Waals surface area contributed by atoms with Crippen LogP contribution in [0.1, 0.15) is 43.7 Å². The third-order valence-electron chi connectivity index (χ3n) is 7.16. The zero-order valence-corrected chi connectivity index (χ0v) is 23.0. The molecule has 2 aromatic rings. The standard InChI is InChI=1S/C27H40ClN5O4/c1-19(2)18-33(21-15-20(16-29-17-21)26(34)31-10-13-37-14-11-31)27(35)25-30-24-22(28)7-6-8-23(24)32(25)9-4-5-12-36-3/h6-8,19-21,29H,4-5,9-18H2,1-3H3. The van der Waals surface area contributed by atoms with Crippen molar-refractivity contribution in [1.29, 1.82) is 0 Å². The minimum Gasteiger partial charge on any atom is -0.385 e. The lowest BCUT2D eigenvalue weighted by atomic mass is 9.92. The highest BCUT2D eigenvalue weighted by Crippen LogP contribution is 2.27. The van der Waals surface area contributed by atoms with Gasteiger partial charge in [-0.15, -0.1) is 0 Å². The van der Waals surface area contributed by atoms with E-state index in [0.717, 1.165) is 18.4 Å². The number of rotatable bonds is 10. The summed E-state index contributed by atoms with van der Waals surface area (Å²) in [6.45, 7) is 9.82. The summed E-state index contributed by atoms with van der Waals surface area (Å²) in [4.78, 5) is 36.0. The Labute approximate surface area is 224 Å². The summed E-state index contributed by atoms with van der Waals surface area (Å²) >= 11 is 6.49. The Bertz CT molecular complexity index is 1070. The number of para-hydroxylation sites is 1. The average Bonchev–Trinajstić information content (AvgIpc) is 3.29. The number of aryl methyl sites for hydroxylation is 1. The maximum Gasteiger partial charge on any atom is 0.290 e. The largest absolute Gasteiger partial charge is 0.385 e. The molecule has 0 spiro atoms. The highest BCUT2D eigenvalue weighted by atomic mass is 35.5. The Kier molecular flexibility index (Phi) is 9.81. The molecule has 2 aliphatic heterocycles. The van der Waals surface area contributed by atoms with E-state index in [0.29, 0.717) is 81.9 Å². The van der Waals surface area contributed by atoms with E-state index in [4.69, 9.17) is 26.1 Å². The van der Waals surface area contributed by atoms with E-state index >= 15 is 0 Å². The van der Waals surface area contributed by atoms with Crippen LogP contribution in [0, 0.1) is 11.8 Å². The molecule has 2 amide bonds. The maximum absolute atomic E-state index is 14.2. The number of amides is 2. The number of nitrogens with one attached hydrogen (secondary N) is 1. The highest BCUT2D eigenvalue weighted by Gasteiger charge is 2.36. The van der Waals surface area contributed by atoms with Gasteiger partial charge in [0.05, 0.1) is 29.7 Å². The predicted molar refractivity (Wildman–Crippen MR) is 144 cm³/mol. The van der Waals surface area contributed by atoms with Crippen LogP contribution in [0.2, 0.25) is 5.02 Å². The van der Waals surface area contributed by atoms with Crippen molar-refractivity contribution in [3.8, 4) is 0 Å². The van der Waals surface area contributed by atoms with Gasteiger partial charge in [0.2, 0.25) is 5.91 Å². The fraction of sp³-hybridized carbons (Fsp3) is 0.667. The summed E-state index contributed by atoms with van der Waals surface area (Å²) < 4.78 is 12.6. The number of aromatic nitrogens is 2. The molecule has 2 saturated heterocycles. The Morgan fingerprint density at radius 3 is 2.76 bits per heavy atom. The Balaban J connectivity index is 1.60. The summed E-state index contributed by atoms with van der Waals surface area (Å²) in [5, 5.41) is 3.96. The second-order valence-corrected chi connectivity index (χ2v) is 10.8. The minimum atomic E-state index is -0.165. The highest BCUT2D eigenvalue weighted by molar-refractivity contribution is 6.35. The third kappa shape index (κ3) is 6.63. The van der Waals surface area contributed by atoms with E-state index in [1.165, 1.54) is 0 Å². The molecule has 0 aliphatic carbocycles. The molecule has 3 heterocycles. The Hall–Kier alpha value is -2.20. The number of piperidine rings is 1. The Morgan fingerprint density at radius 1 is 1.24 bits per heavy atom. The smallest absolute Gasteiger partial charge is 0.290 e. The molecule has 0 bridgehead atoms. The molecule has 4 rings (SSSR count). The van der Waals surface area contributed by atoms with Crippen LogP contribution in [0.4, 0.5) is 0 Å².